The molecule has 1 saturated carbocycles. The lowest BCUT2D eigenvalue weighted by Crippen LogP contribution is -2.37. The molecule has 0 radical (unpaired) electrons. The van der Waals surface area contributed by atoms with E-state index >= 15 is 0 Å². The first kappa shape index (κ1) is 12.5. The summed E-state index contributed by atoms with van der Waals surface area (Å²) in [7, 11) is 1.70. The summed E-state index contributed by atoms with van der Waals surface area (Å²) in [6.45, 7) is 1.88. The van der Waals surface area contributed by atoms with Crippen LogP contribution in [0, 0.1) is 0 Å². The molecule has 15 heavy (non-hydrogen) atoms. The first-order chi connectivity index (χ1) is 7.17. The quantitative estimate of drug-likeness (QED) is 0.716. The van der Waals surface area contributed by atoms with Crippen LogP contribution in [0.5, 0.6) is 0 Å². The molecule has 0 saturated heterocycles. The third kappa shape index (κ3) is 3.80. The minimum Gasteiger partial charge on any atom is -0.461 e. The van der Waals surface area contributed by atoms with Gasteiger partial charge in [-0.3, -0.25) is 4.79 Å². The summed E-state index contributed by atoms with van der Waals surface area (Å²) in [4.78, 5) is 11.4. The standard InChI is InChI=1S/C11H21NO3/c1-3-10(12)11(13)15-9-6-4-5-8(7-9)14-2/h8-10H,3-7,12H2,1-2H3. The average molecular weight is 215 g/mol. The fourth-order valence-electron chi connectivity index (χ4n) is 1.84. The minimum atomic E-state index is -0.479. The van der Waals surface area contributed by atoms with E-state index < -0.39 is 6.04 Å². The molecule has 4 nitrogen and oxygen atoms in total. The number of carbonyl (C=O) groups excluding carboxylic acids is 1. The maximum absolute atomic E-state index is 11.4. The molecule has 3 atom stereocenters. The van der Waals surface area contributed by atoms with Gasteiger partial charge >= 0.3 is 5.97 Å². The van der Waals surface area contributed by atoms with Crippen LogP contribution in [0.15, 0.2) is 0 Å². The first-order valence-electron chi connectivity index (χ1n) is 5.66. The van der Waals surface area contributed by atoms with E-state index in [1.165, 1.54) is 0 Å². The highest BCUT2D eigenvalue weighted by molar-refractivity contribution is 5.75. The number of nitrogens with two attached hydrogens (primary N) is 1. The second-order valence-electron chi connectivity index (χ2n) is 4.10. The van der Waals surface area contributed by atoms with E-state index in [-0.39, 0.29) is 18.2 Å². The zero-order chi connectivity index (χ0) is 11.3. The van der Waals surface area contributed by atoms with E-state index in [1.54, 1.807) is 7.11 Å². The Labute approximate surface area is 91.1 Å². The van der Waals surface area contributed by atoms with Crippen LogP contribution < -0.4 is 5.73 Å². The van der Waals surface area contributed by atoms with E-state index in [0.717, 1.165) is 25.7 Å². The Bertz CT molecular complexity index is 208. The van der Waals surface area contributed by atoms with Crippen molar-refractivity contribution in [2.75, 3.05) is 7.11 Å². The van der Waals surface area contributed by atoms with Crippen molar-refractivity contribution in [2.45, 2.75) is 57.3 Å². The Hall–Kier alpha value is -0.610. The molecule has 2 N–H and O–H groups in total. The highest BCUT2D eigenvalue weighted by Gasteiger charge is 2.26. The maximum Gasteiger partial charge on any atom is 0.323 e. The SMILES string of the molecule is CCC(N)C(=O)OC1CCCC(OC)C1. The van der Waals surface area contributed by atoms with Gasteiger partial charge in [-0.2, -0.15) is 0 Å². The van der Waals surface area contributed by atoms with Crippen molar-refractivity contribution in [3.8, 4) is 0 Å². The molecule has 0 amide bonds. The van der Waals surface area contributed by atoms with Crippen molar-refractivity contribution >= 4 is 5.97 Å². The second kappa shape index (κ2) is 6.08. The van der Waals surface area contributed by atoms with Gasteiger partial charge in [-0.15, -0.1) is 0 Å². The Morgan fingerprint density at radius 2 is 2.13 bits per heavy atom. The van der Waals surface area contributed by atoms with Crippen LogP contribution >= 0.6 is 0 Å². The van der Waals surface area contributed by atoms with Gasteiger partial charge in [0.15, 0.2) is 0 Å². The van der Waals surface area contributed by atoms with Gasteiger partial charge in [0.25, 0.3) is 0 Å². The predicted molar refractivity (Wildman–Crippen MR) is 57.4 cm³/mol. The monoisotopic (exact) mass is 215 g/mol. The van der Waals surface area contributed by atoms with Crippen LogP contribution in [0.1, 0.15) is 39.0 Å². The Kier molecular flexibility index (Phi) is 5.05. The van der Waals surface area contributed by atoms with E-state index in [1.807, 2.05) is 6.92 Å². The molecule has 0 aromatic rings. The molecular weight excluding hydrogens is 194 g/mol. The molecule has 0 spiro atoms. The number of hydrogen-bond donors (Lipinski definition) is 1. The molecule has 88 valence electrons. The summed E-state index contributed by atoms with van der Waals surface area (Å²) in [5, 5.41) is 0. The van der Waals surface area contributed by atoms with Gasteiger partial charge in [0.2, 0.25) is 0 Å². The Morgan fingerprint density at radius 1 is 1.47 bits per heavy atom. The first-order valence-corrected chi connectivity index (χ1v) is 5.66. The molecule has 0 aromatic heterocycles. The lowest BCUT2D eigenvalue weighted by molar-refractivity contribution is -0.154. The zero-order valence-corrected chi connectivity index (χ0v) is 9.57. The summed E-state index contributed by atoms with van der Waals surface area (Å²) < 4.78 is 10.6. The molecule has 0 aromatic carbocycles. The topological polar surface area (TPSA) is 61.6 Å². The molecular formula is C11H21NO3. The summed E-state index contributed by atoms with van der Waals surface area (Å²) >= 11 is 0. The number of ether oxygens (including phenoxy) is 2. The van der Waals surface area contributed by atoms with E-state index in [4.69, 9.17) is 15.2 Å². The van der Waals surface area contributed by atoms with E-state index in [2.05, 4.69) is 0 Å². The Morgan fingerprint density at radius 3 is 2.73 bits per heavy atom. The summed E-state index contributed by atoms with van der Waals surface area (Å²) in [6.07, 6.45) is 4.70. The third-order valence-corrected chi connectivity index (χ3v) is 2.94. The number of esters is 1. The highest BCUT2D eigenvalue weighted by Crippen LogP contribution is 2.23. The van der Waals surface area contributed by atoms with Crippen molar-refractivity contribution < 1.29 is 14.3 Å². The average Bonchev–Trinajstić information content (AvgIpc) is 2.28. The zero-order valence-electron chi connectivity index (χ0n) is 9.57. The number of rotatable bonds is 4. The van der Waals surface area contributed by atoms with Gasteiger partial charge in [0, 0.05) is 13.5 Å². The van der Waals surface area contributed by atoms with Gasteiger partial charge < -0.3 is 15.2 Å². The summed E-state index contributed by atoms with van der Waals surface area (Å²) in [5.74, 6) is -0.278. The van der Waals surface area contributed by atoms with Crippen LogP contribution in [0.25, 0.3) is 0 Å². The molecule has 3 unspecified atom stereocenters. The summed E-state index contributed by atoms with van der Waals surface area (Å²) in [6, 6.07) is -0.479. The van der Waals surface area contributed by atoms with Crippen molar-refractivity contribution in [2.24, 2.45) is 5.73 Å². The molecule has 1 fully saturated rings. The van der Waals surface area contributed by atoms with Gasteiger partial charge in [0.05, 0.1) is 6.10 Å². The molecule has 1 rings (SSSR count). The van der Waals surface area contributed by atoms with Crippen LogP contribution in [0.3, 0.4) is 0 Å². The molecule has 4 heteroatoms. The Balaban J connectivity index is 2.34. The third-order valence-electron chi connectivity index (χ3n) is 2.94. The van der Waals surface area contributed by atoms with Crippen molar-refractivity contribution in [3.63, 3.8) is 0 Å². The fourth-order valence-corrected chi connectivity index (χ4v) is 1.84. The molecule has 1 aliphatic rings. The molecule has 1 aliphatic carbocycles. The molecule has 0 heterocycles. The smallest absolute Gasteiger partial charge is 0.323 e. The van der Waals surface area contributed by atoms with Crippen LogP contribution in [-0.4, -0.2) is 31.3 Å². The minimum absolute atomic E-state index is 0.00574. The number of carbonyl (C=O) groups is 1. The van der Waals surface area contributed by atoms with Gasteiger partial charge in [-0.05, 0) is 25.7 Å². The van der Waals surface area contributed by atoms with Gasteiger partial charge in [-0.25, -0.2) is 0 Å². The maximum atomic E-state index is 11.4. The van der Waals surface area contributed by atoms with Crippen molar-refractivity contribution in [3.05, 3.63) is 0 Å². The van der Waals surface area contributed by atoms with E-state index in [0.29, 0.717) is 6.42 Å². The number of methoxy groups -OCH3 is 1. The lowest BCUT2D eigenvalue weighted by Gasteiger charge is -2.28. The predicted octanol–water partition coefficient (Wildman–Crippen LogP) is 1.22. The lowest BCUT2D eigenvalue weighted by atomic mass is 9.95. The van der Waals surface area contributed by atoms with E-state index in [9.17, 15) is 4.79 Å². The normalized spacial score (nSPS) is 28.5. The molecule has 0 bridgehead atoms. The van der Waals surface area contributed by atoms with Crippen LogP contribution in [-0.2, 0) is 14.3 Å². The highest BCUT2D eigenvalue weighted by atomic mass is 16.5. The molecule has 0 aliphatic heterocycles. The van der Waals surface area contributed by atoms with Crippen molar-refractivity contribution in [1.29, 1.82) is 0 Å². The van der Waals surface area contributed by atoms with Crippen LogP contribution in [0.2, 0.25) is 0 Å². The largest absolute Gasteiger partial charge is 0.461 e. The van der Waals surface area contributed by atoms with Gasteiger partial charge in [0.1, 0.15) is 12.1 Å². The fraction of sp³-hybridized carbons (Fsp3) is 0.909. The van der Waals surface area contributed by atoms with Crippen LogP contribution in [0.4, 0.5) is 0 Å². The van der Waals surface area contributed by atoms with Gasteiger partial charge in [-0.1, -0.05) is 6.92 Å². The van der Waals surface area contributed by atoms with Crippen molar-refractivity contribution in [1.82, 2.24) is 0 Å². The number of hydrogen-bond acceptors (Lipinski definition) is 4. The summed E-state index contributed by atoms with van der Waals surface area (Å²) in [5.41, 5.74) is 5.60. The second-order valence-corrected chi connectivity index (χ2v) is 4.10.